The van der Waals surface area contributed by atoms with Crippen molar-refractivity contribution in [2.45, 2.75) is 6.92 Å². The number of nitro groups is 2. The summed E-state index contributed by atoms with van der Waals surface area (Å²) in [5.74, 6) is -1.62. The monoisotopic (exact) mass is 413 g/mol. The van der Waals surface area contributed by atoms with Gasteiger partial charge in [0.25, 0.3) is 16.9 Å². The number of nitro benzene ring substituents is 2. The second-order valence-corrected chi connectivity index (χ2v) is 6.27. The number of nitrogens with one attached hydrogen (secondary N) is 1. The van der Waals surface area contributed by atoms with Crippen LogP contribution in [0, 0.1) is 27.2 Å². The van der Waals surface area contributed by atoms with E-state index < -0.39 is 44.0 Å². The fraction of sp³-hybridized carbons (Fsp3) is 0.111. The summed E-state index contributed by atoms with van der Waals surface area (Å²) in [6.07, 6.45) is 0. The third-order valence-electron chi connectivity index (χ3n) is 4.54. The Balaban J connectivity index is 2.25. The molecule has 12 heteroatoms. The molecule has 0 unspecified atom stereocenters. The molecule has 0 saturated carbocycles. The zero-order valence-corrected chi connectivity index (χ0v) is 15.7. The number of carboxylic acid groups (broad SMARTS) is 1. The highest BCUT2D eigenvalue weighted by Crippen LogP contribution is 2.35. The van der Waals surface area contributed by atoms with Gasteiger partial charge in [-0.05, 0) is 19.1 Å². The third-order valence-corrected chi connectivity index (χ3v) is 4.54. The van der Waals surface area contributed by atoms with Crippen molar-refractivity contribution < 1.29 is 19.7 Å². The van der Waals surface area contributed by atoms with Gasteiger partial charge in [-0.25, -0.2) is 9.48 Å². The van der Waals surface area contributed by atoms with Crippen LogP contribution in [0.5, 0.6) is 0 Å². The second kappa shape index (κ2) is 7.50. The number of hydrogen-bond acceptors (Lipinski definition) is 7. The quantitative estimate of drug-likeness (QED) is 0.460. The van der Waals surface area contributed by atoms with Crippen LogP contribution < -0.4 is 10.9 Å². The van der Waals surface area contributed by atoms with Crippen LogP contribution in [0.25, 0.3) is 5.69 Å². The summed E-state index contributed by atoms with van der Waals surface area (Å²) in [6, 6.07) is 9.92. The molecule has 12 nitrogen and oxygen atoms in total. The van der Waals surface area contributed by atoms with Gasteiger partial charge in [-0.15, -0.1) is 0 Å². The zero-order chi connectivity index (χ0) is 22.2. The maximum Gasteiger partial charge on any atom is 0.338 e. The van der Waals surface area contributed by atoms with Crippen LogP contribution in [-0.4, -0.2) is 30.3 Å². The van der Waals surface area contributed by atoms with E-state index in [0.717, 1.165) is 0 Å². The first-order valence-electron chi connectivity index (χ1n) is 8.44. The van der Waals surface area contributed by atoms with Crippen LogP contribution in [0.3, 0.4) is 0 Å². The van der Waals surface area contributed by atoms with Crippen LogP contribution in [0.4, 0.5) is 22.7 Å². The first-order valence-corrected chi connectivity index (χ1v) is 8.44. The molecule has 0 fully saturated rings. The number of aromatic nitrogens is 2. The molecule has 154 valence electrons. The van der Waals surface area contributed by atoms with Crippen molar-refractivity contribution in [1.82, 2.24) is 9.36 Å². The van der Waals surface area contributed by atoms with Gasteiger partial charge in [-0.3, -0.25) is 29.7 Å². The number of aromatic carboxylic acids is 1. The van der Waals surface area contributed by atoms with Crippen LogP contribution in [-0.2, 0) is 7.05 Å². The molecule has 2 N–H and O–H groups in total. The summed E-state index contributed by atoms with van der Waals surface area (Å²) in [4.78, 5) is 45.3. The minimum Gasteiger partial charge on any atom is -0.478 e. The fourth-order valence-electron chi connectivity index (χ4n) is 3.00. The Kier molecular flexibility index (Phi) is 5.07. The molecule has 0 amide bonds. The molecule has 0 radical (unpaired) electrons. The van der Waals surface area contributed by atoms with Crippen molar-refractivity contribution in [3.63, 3.8) is 0 Å². The molecule has 0 aliphatic heterocycles. The molecular weight excluding hydrogens is 398 g/mol. The van der Waals surface area contributed by atoms with Gasteiger partial charge >= 0.3 is 5.97 Å². The number of nitrogens with zero attached hydrogens (tertiary/aromatic N) is 4. The SMILES string of the molecule is Cc1c(Nc2c(C(=O)O)cc([N+](=O)[O-])cc2[N+](=O)[O-])c(=O)n(-c2ccccc2)n1C. The van der Waals surface area contributed by atoms with Gasteiger partial charge < -0.3 is 10.4 Å². The van der Waals surface area contributed by atoms with E-state index in [9.17, 15) is 34.9 Å². The van der Waals surface area contributed by atoms with Crippen LogP contribution in [0.1, 0.15) is 16.1 Å². The number of hydrogen-bond donors (Lipinski definition) is 2. The Morgan fingerprint density at radius 3 is 2.23 bits per heavy atom. The van der Waals surface area contributed by atoms with Crippen LogP contribution in [0.15, 0.2) is 47.3 Å². The number of benzene rings is 2. The van der Waals surface area contributed by atoms with Crippen molar-refractivity contribution in [2.24, 2.45) is 7.05 Å². The first kappa shape index (κ1) is 20.3. The summed E-state index contributed by atoms with van der Waals surface area (Å²) in [6.45, 7) is 1.57. The van der Waals surface area contributed by atoms with E-state index in [2.05, 4.69) is 5.32 Å². The second-order valence-electron chi connectivity index (χ2n) is 6.27. The molecule has 0 atom stereocenters. The smallest absolute Gasteiger partial charge is 0.338 e. The van der Waals surface area contributed by atoms with Crippen molar-refractivity contribution >= 4 is 28.7 Å². The average Bonchev–Trinajstić information content (AvgIpc) is 2.91. The van der Waals surface area contributed by atoms with Crippen molar-refractivity contribution in [3.05, 3.63) is 84.3 Å². The minimum absolute atomic E-state index is 0.0965. The lowest BCUT2D eigenvalue weighted by Gasteiger charge is -2.09. The summed E-state index contributed by atoms with van der Waals surface area (Å²) in [7, 11) is 1.59. The highest BCUT2D eigenvalue weighted by molar-refractivity contribution is 5.99. The number of para-hydroxylation sites is 1. The molecule has 3 rings (SSSR count). The lowest BCUT2D eigenvalue weighted by molar-refractivity contribution is -0.393. The summed E-state index contributed by atoms with van der Waals surface area (Å²) in [5, 5.41) is 34.5. The van der Waals surface area contributed by atoms with Gasteiger partial charge in [0.05, 0.1) is 32.9 Å². The minimum atomic E-state index is -1.62. The number of carbonyl (C=O) groups is 1. The maximum atomic E-state index is 13.0. The Bertz CT molecular complexity index is 1210. The van der Waals surface area contributed by atoms with Crippen molar-refractivity contribution in [3.8, 4) is 5.69 Å². The molecular formula is C18H15N5O7. The number of non-ortho nitro benzene ring substituents is 1. The Labute approximate surface area is 167 Å². The van der Waals surface area contributed by atoms with Crippen LogP contribution >= 0.6 is 0 Å². The topological polar surface area (TPSA) is 163 Å². The molecule has 0 bridgehead atoms. The number of carboxylic acids is 1. The highest BCUT2D eigenvalue weighted by atomic mass is 16.6. The number of rotatable bonds is 6. The van der Waals surface area contributed by atoms with Gasteiger partial charge in [-0.2, -0.15) is 0 Å². The Morgan fingerprint density at radius 2 is 1.70 bits per heavy atom. The largest absolute Gasteiger partial charge is 0.478 e. The molecule has 30 heavy (non-hydrogen) atoms. The molecule has 2 aromatic carbocycles. The van der Waals surface area contributed by atoms with Gasteiger partial charge in [0, 0.05) is 13.1 Å². The molecule has 0 spiro atoms. The predicted octanol–water partition coefficient (Wildman–Crippen LogP) is 2.74. The lowest BCUT2D eigenvalue weighted by atomic mass is 10.1. The van der Waals surface area contributed by atoms with E-state index in [1.54, 1.807) is 44.3 Å². The summed E-state index contributed by atoms with van der Waals surface area (Å²) < 4.78 is 2.80. The number of anilines is 2. The standard InChI is InChI=1S/C18H15N5O7/c1-10-15(17(24)21(20(10)2)11-6-4-3-5-7-11)19-16-13(18(25)26)8-12(22(27)28)9-14(16)23(29)30/h3-9,19H,1-2H3,(H,25,26). The van der Waals surface area contributed by atoms with Gasteiger partial charge in [0.2, 0.25) is 0 Å². The summed E-state index contributed by atoms with van der Waals surface area (Å²) in [5.41, 5.74) is -2.60. The summed E-state index contributed by atoms with van der Waals surface area (Å²) >= 11 is 0. The average molecular weight is 413 g/mol. The fourth-order valence-corrected chi connectivity index (χ4v) is 3.00. The van der Waals surface area contributed by atoms with E-state index in [0.29, 0.717) is 23.5 Å². The lowest BCUT2D eigenvalue weighted by Crippen LogP contribution is -2.20. The highest BCUT2D eigenvalue weighted by Gasteiger charge is 2.29. The van der Waals surface area contributed by atoms with E-state index in [1.165, 1.54) is 9.36 Å². The van der Waals surface area contributed by atoms with E-state index in [1.807, 2.05) is 0 Å². The van der Waals surface area contributed by atoms with Gasteiger partial charge in [0.15, 0.2) is 0 Å². The van der Waals surface area contributed by atoms with Gasteiger partial charge in [-0.1, -0.05) is 18.2 Å². The molecule has 1 heterocycles. The maximum absolute atomic E-state index is 13.0. The van der Waals surface area contributed by atoms with Crippen molar-refractivity contribution in [1.29, 1.82) is 0 Å². The van der Waals surface area contributed by atoms with E-state index >= 15 is 0 Å². The molecule has 1 aromatic heterocycles. The van der Waals surface area contributed by atoms with E-state index in [4.69, 9.17) is 0 Å². The molecule has 0 aliphatic rings. The Hall–Kier alpha value is -4.48. The molecule has 3 aromatic rings. The Morgan fingerprint density at radius 1 is 1.07 bits per heavy atom. The van der Waals surface area contributed by atoms with E-state index in [-0.39, 0.29) is 5.69 Å². The third kappa shape index (κ3) is 3.37. The molecule has 0 aliphatic carbocycles. The predicted molar refractivity (Wildman–Crippen MR) is 106 cm³/mol. The van der Waals surface area contributed by atoms with Crippen molar-refractivity contribution in [2.75, 3.05) is 5.32 Å². The van der Waals surface area contributed by atoms with Gasteiger partial charge in [0.1, 0.15) is 11.4 Å². The normalized spacial score (nSPS) is 10.6. The van der Waals surface area contributed by atoms with Crippen LogP contribution in [0.2, 0.25) is 0 Å². The molecule has 0 saturated heterocycles. The zero-order valence-electron chi connectivity index (χ0n) is 15.7. The first-order chi connectivity index (χ1) is 14.1.